The number of thiazole rings is 1. The summed E-state index contributed by atoms with van der Waals surface area (Å²) in [5.74, 6) is -2.28. The molecule has 150 valence electrons. The summed E-state index contributed by atoms with van der Waals surface area (Å²) in [6.45, 7) is 0. The first-order valence-electron chi connectivity index (χ1n) is 9.50. The van der Waals surface area contributed by atoms with Crippen molar-refractivity contribution in [2.24, 2.45) is 29.6 Å². The minimum Gasteiger partial charge on any atom is -0.493 e. The Morgan fingerprint density at radius 3 is 2.90 bits per heavy atom. The van der Waals surface area contributed by atoms with Crippen molar-refractivity contribution in [3.8, 4) is 11.5 Å². The number of hydrogen-bond donors (Lipinski definition) is 2. The van der Waals surface area contributed by atoms with Crippen LogP contribution < -0.4 is 14.3 Å². The second kappa shape index (κ2) is 5.89. The molecule has 0 radical (unpaired) electrons. The second-order valence-electron chi connectivity index (χ2n) is 8.10. The molecule has 0 saturated heterocycles. The van der Waals surface area contributed by atoms with Crippen LogP contribution in [0.4, 0.5) is 0 Å². The third kappa shape index (κ3) is 2.17. The van der Waals surface area contributed by atoms with E-state index in [1.807, 2.05) is 12.1 Å². The zero-order valence-electron chi connectivity index (χ0n) is 15.3. The van der Waals surface area contributed by atoms with Gasteiger partial charge in [0.15, 0.2) is 11.5 Å². The van der Waals surface area contributed by atoms with Crippen molar-refractivity contribution in [2.45, 2.75) is 22.6 Å². The normalized spacial score (nSPS) is 35.9. The van der Waals surface area contributed by atoms with E-state index in [-0.39, 0.29) is 33.8 Å². The van der Waals surface area contributed by atoms with Gasteiger partial charge in [-0.2, -0.15) is 0 Å². The van der Waals surface area contributed by atoms with Crippen molar-refractivity contribution < 1.29 is 24.2 Å². The molecule has 0 spiro atoms. The van der Waals surface area contributed by atoms with E-state index in [1.54, 1.807) is 17.8 Å². The van der Waals surface area contributed by atoms with Crippen LogP contribution in [-0.4, -0.2) is 34.4 Å². The van der Waals surface area contributed by atoms with Crippen molar-refractivity contribution >= 4 is 35.0 Å². The number of nitrogens with one attached hydrogen (secondary N) is 1. The van der Waals surface area contributed by atoms with Gasteiger partial charge in [-0.15, -0.1) is 11.8 Å². The van der Waals surface area contributed by atoms with Crippen molar-refractivity contribution in [1.29, 1.82) is 0 Å². The van der Waals surface area contributed by atoms with Gasteiger partial charge < -0.3 is 19.6 Å². The summed E-state index contributed by atoms with van der Waals surface area (Å²) in [6.07, 6.45) is 0.702. The number of fused-ring (bicyclic) bond motifs is 6. The summed E-state index contributed by atoms with van der Waals surface area (Å²) < 4.78 is 11.3. The van der Waals surface area contributed by atoms with Crippen LogP contribution in [0.1, 0.15) is 22.8 Å². The van der Waals surface area contributed by atoms with Gasteiger partial charge in [-0.3, -0.25) is 14.4 Å². The minimum atomic E-state index is -0.944. The maximum absolute atomic E-state index is 13.1. The summed E-state index contributed by atoms with van der Waals surface area (Å²) in [5.41, 5.74) is 0.836. The summed E-state index contributed by atoms with van der Waals surface area (Å²) in [4.78, 5) is 41.2. The van der Waals surface area contributed by atoms with Gasteiger partial charge in [0.05, 0.1) is 24.0 Å². The number of esters is 1. The quantitative estimate of drug-likeness (QED) is 0.556. The smallest absolute Gasteiger partial charge is 0.315 e. The Kier molecular flexibility index (Phi) is 3.57. The maximum Gasteiger partial charge on any atom is 0.315 e. The number of carboxylic acid groups (broad SMARTS) is 1. The monoisotopic (exact) mass is 431 g/mol. The highest BCUT2D eigenvalue weighted by Gasteiger charge is 2.67. The highest BCUT2D eigenvalue weighted by Crippen LogP contribution is 2.68. The van der Waals surface area contributed by atoms with Crippen LogP contribution in [0, 0.1) is 29.6 Å². The number of hydrogen-bond acceptors (Lipinski definition) is 7. The number of ether oxygens (including phenoxy) is 2. The number of H-pyrrole nitrogens is 1. The van der Waals surface area contributed by atoms with Crippen LogP contribution in [0.25, 0.3) is 0 Å². The largest absolute Gasteiger partial charge is 0.493 e. The highest BCUT2D eigenvalue weighted by atomic mass is 32.2. The zero-order chi connectivity index (χ0) is 20.0. The number of methoxy groups -OCH3 is 1. The molecule has 6 rings (SSSR count). The van der Waals surface area contributed by atoms with Crippen LogP contribution >= 0.6 is 23.1 Å². The van der Waals surface area contributed by atoms with Gasteiger partial charge in [0.25, 0.3) is 0 Å². The molecule has 3 heterocycles. The lowest BCUT2D eigenvalue weighted by Gasteiger charge is -2.45. The lowest BCUT2D eigenvalue weighted by molar-refractivity contribution is -0.156. The standard InChI is InChI=1S/C20H17NO6S2/c1-26-9-4-2-3-6-10-11-7-5-8(15(11)28-17-16(10)29-20(25)21-17)12(18(22)23)13(7)19(24)27-14(6)9/h2-4,7-8,10-13,15H,5H2,1H3,(H,21,25)(H,22,23)/t7-,8+,10+,11+,12-,13+,15+/m0/s1. The molecule has 4 aliphatic rings. The number of aromatic nitrogens is 1. The molecule has 7 atom stereocenters. The lowest BCUT2D eigenvalue weighted by Crippen LogP contribution is -2.49. The Bertz CT molecular complexity index is 1120. The summed E-state index contributed by atoms with van der Waals surface area (Å²) >= 11 is 2.78. The van der Waals surface area contributed by atoms with Gasteiger partial charge in [-0.25, -0.2) is 0 Å². The summed E-state index contributed by atoms with van der Waals surface area (Å²) in [5, 5.41) is 10.8. The van der Waals surface area contributed by atoms with Crippen LogP contribution in [0.3, 0.4) is 0 Å². The summed E-state index contributed by atoms with van der Waals surface area (Å²) in [6, 6.07) is 5.52. The number of para-hydroxylation sites is 1. The molecule has 2 bridgehead atoms. The fourth-order valence-corrected chi connectivity index (χ4v) is 9.04. The molecule has 2 aromatic rings. The van der Waals surface area contributed by atoms with Gasteiger partial charge in [0, 0.05) is 21.6 Å². The topological polar surface area (TPSA) is 106 Å². The van der Waals surface area contributed by atoms with Crippen molar-refractivity contribution in [1.82, 2.24) is 4.98 Å². The van der Waals surface area contributed by atoms with Gasteiger partial charge in [0.2, 0.25) is 0 Å². The van der Waals surface area contributed by atoms with Crippen LogP contribution in [0.15, 0.2) is 28.0 Å². The molecule has 2 saturated carbocycles. The fraction of sp³-hybridized carbons (Fsp3) is 0.450. The molecule has 7 nitrogen and oxygen atoms in total. The number of thioether (sulfide) groups is 1. The Morgan fingerprint density at radius 2 is 2.14 bits per heavy atom. The molecule has 0 unspecified atom stereocenters. The first-order valence-corrected chi connectivity index (χ1v) is 11.2. The van der Waals surface area contributed by atoms with E-state index >= 15 is 0 Å². The van der Waals surface area contributed by atoms with E-state index in [0.717, 1.165) is 15.5 Å². The molecular formula is C20H17NO6S2. The molecule has 0 amide bonds. The maximum atomic E-state index is 13.1. The van der Waals surface area contributed by atoms with Crippen molar-refractivity contribution in [3.05, 3.63) is 38.3 Å². The predicted molar refractivity (Wildman–Crippen MR) is 105 cm³/mol. The SMILES string of the molecule is COc1cccc2c1OC(=O)[C@@H]1[C@H]3C[C@@H]([C@H]4Sc5[nH]c(=O)sc5[C@H]2[C@@H]34)[C@@H]1C(=O)O. The average molecular weight is 431 g/mol. The molecule has 1 aromatic heterocycles. The van der Waals surface area contributed by atoms with Crippen LogP contribution in [0.5, 0.6) is 11.5 Å². The first kappa shape index (κ1) is 17.6. The Hall–Kier alpha value is -2.26. The van der Waals surface area contributed by atoms with Crippen molar-refractivity contribution in [2.75, 3.05) is 7.11 Å². The third-order valence-corrected chi connectivity index (χ3v) is 9.63. The third-order valence-electron chi connectivity index (χ3n) is 7.04. The highest BCUT2D eigenvalue weighted by molar-refractivity contribution is 8.00. The molecule has 2 aliphatic heterocycles. The number of rotatable bonds is 2. The van der Waals surface area contributed by atoms with Crippen LogP contribution in [-0.2, 0) is 9.59 Å². The van der Waals surface area contributed by atoms with Gasteiger partial charge in [0.1, 0.15) is 0 Å². The molecule has 9 heteroatoms. The Balaban J connectivity index is 1.65. The van der Waals surface area contributed by atoms with Gasteiger partial charge in [-0.05, 0) is 30.2 Å². The number of carbonyl (C=O) groups excluding carboxylic acids is 1. The fourth-order valence-electron chi connectivity index (χ4n) is 6.16. The number of benzene rings is 1. The van der Waals surface area contributed by atoms with E-state index in [2.05, 4.69) is 4.98 Å². The van der Waals surface area contributed by atoms with E-state index < -0.39 is 23.8 Å². The molecule has 2 N–H and O–H groups in total. The minimum absolute atomic E-state index is 0.0463. The first-order chi connectivity index (χ1) is 14.0. The molecule has 29 heavy (non-hydrogen) atoms. The average Bonchev–Trinajstić information content (AvgIpc) is 3.35. The summed E-state index contributed by atoms with van der Waals surface area (Å²) in [7, 11) is 1.51. The van der Waals surface area contributed by atoms with E-state index in [0.29, 0.717) is 17.9 Å². The van der Waals surface area contributed by atoms with E-state index in [1.165, 1.54) is 18.4 Å². The van der Waals surface area contributed by atoms with Gasteiger partial charge >= 0.3 is 16.8 Å². The van der Waals surface area contributed by atoms with Gasteiger partial charge in [-0.1, -0.05) is 23.5 Å². The molecule has 1 aromatic carbocycles. The number of carboxylic acids is 1. The molecular weight excluding hydrogens is 414 g/mol. The zero-order valence-corrected chi connectivity index (χ0v) is 16.9. The van der Waals surface area contributed by atoms with Crippen molar-refractivity contribution in [3.63, 3.8) is 0 Å². The number of aliphatic carboxylic acids is 1. The predicted octanol–water partition coefficient (Wildman–Crippen LogP) is 2.55. The Labute approximate surface area is 173 Å². The number of aromatic amines is 1. The molecule has 2 aliphatic carbocycles. The lowest BCUT2D eigenvalue weighted by atomic mass is 9.66. The van der Waals surface area contributed by atoms with E-state index in [9.17, 15) is 19.5 Å². The molecule has 2 fully saturated rings. The number of carbonyl (C=O) groups is 2. The second-order valence-corrected chi connectivity index (χ2v) is 10.3. The Morgan fingerprint density at radius 1 is 1.31 bits per heavy atom. The van der Waals surface area contributed by atoms with Crippen LogP contribution in [0.2, 0.25) is 0 Å². The van der Waals surface area contributed by atoms with E-state index in [4.69, 9.17) is 9.47 Å².